The Bertz CT molecular complexity index is 763. The lowest BCUT2D eigenvalue weighted by atomic mass is 9.89. The summed E-state index contributed by atoms with van der Waals surface area (Å²) in [5.41, 5.74) is 2.25. The molecule has 32 heavy (non-hydrogen) atoms. The maximum atomic E-state index is 5.14. The van der Waals surface area contributed by atoms with Gasteiger partial charge in [-0.25, -0.2) is 9.97 Å². The van der Waals surface area contributed by atoms with Crippen molar-refractivity contribution in [3.05, 3.63) is 24.3 Å². The Morgan fingerprint density at radius 3 is 1.94 bits per heavy atom. The molecule has 178 valence electrons. The largest absolute Gasteiger partial charge is 0.367 e. The Labute approximate surface area is 196 Å². The molecule has 0 radical (unpaired) electrons. The molecule has 4 rings (SSSR count). The molecule has 0 unspecified atom stereocenters. The van der Waals surface area contributed by atoms with E-state index < -0.39 is 0 Å². The average Bonchev–Trinajstić information content (AvgIpc) is 3.24. The highest BCUT2D eigenvalue weighted by molar-refractivity contribution is 5.62. The van der Waals surface area contributed by atoms with Crippen LogP contribution in [0.1, 0.15) is 134 Å². The molecule has 1 N–H and O–H groups in total. The van der Waals surface area contributed by atoms with Gasteiger partial charge in [0, 0.05) is 31.1 Å². The van der Waals surface area contributed by atoms with E-state index in [4.69, 9.17) is 4.98 Å². The summed E-state index contributed by atoms with van der Waals surface area (Å²) in [4.78, 5) is 9.75. The van der Waals surface area contributed by atoms with E-state index in [9.17, 15) is 0 Å². The van der Waals surface area contributed by atoms with Crippen LogP contribution in [0.15, 0.2) is 18.6 Å². The van der Waals surface area contributed by atoms with Crippen LogP contribution in [0.5, 0.6) is 0 Å². The Balaban J connectivity index is 1.36. The van der Waals surface area contributed by atoms with Gasteiger partial charge in [-0.2, -0.15) is 0 Å². The van der Waals surface area contributed by atoms with E-state index in [0.29, 0.717) is 5.92 Å². The van der Waals surface area contributed by atoms with E-state index in [0.717, 1.165) is 23.9 Å². The summed E-state index contributed by atoms with van der Waals surface area (Å²) in [7, 11) is 0. The molecule has 0 aromatic carbocycles. The summed E-state index contributed by atoms with van der Waals surface area (Å²) in [6.45, 7) is 1.02. The summed E-state index contributed by atoms with van der Waals surface area (Å²) in [6.07, 6.45) is 32.7. The zero-order chi connectivity index (χ0) is 21.8. The Hall–Kier alpha value is -1.58. The van der Waals surface area contributed by atoms with Crippen molar-refractivity contribution in [3.8, 4) is 0 Å². The van der Waals surface area contributed by atoms with Crippen LogP contribution in [-0.2, 0) is 0 Å². The Kier molecular flexibility index (Phi) is 9.73. The van der Waals surface area contributed by atoms with Crippen LogP contribution in [0.3, 0.4) is 0 Å². The van der Waals surface area contributed by atoms with Gasteiger partial charge in [0.25, 0.3) is 0 Å². The van der Waals surface area contributed by atoms with Crippen LogP contribution in [-0.4, -0.2) is 20.9 Å². The molecule has 0 amide bonds. The van der Waals surface area contributed by atoms with E-state index >= 15 is 0 Å². The fourth-order valence-electron chi connectivity index (χ4n) is 5.95. The molecule has 2 fully saturated rings. The van der Waals surface area contributed by atoms with Crippen LogP contribution >= 0.6 is 0 Å². The minimum atomic E-state index is 0.606. The first-order chi connectivity index (χ1) is 15.9. The number of hydrogen-bond donors (Lipinski definition) is 1. The highest BCUT2D eigenvalue weighted by atomic mass is 15.1. The van der Waals surface area contributed by atoms with E-state index in [2.05, 4.69) is 27.1 Å². The van der Waals surface area contributed by atoms with Crippen LogP contribution in [0, 0.1) is 5.92 Å². The van der Waals surface area contributed by atoms with Crippen molar-refractivity contribution < 1.29 is 0 Å². The molecule has 0 aliphatic heterocycles. The Morgan fingerprint density at radius 1 is 0.750 bits per heavy atom. The standard InChI is InChI=1S/C28H46N4/c1-2-4-7-11-15-24(16-12-8-5-3-1)19-20-29-27-28-30-21-22-32(28)23-26(31-27)25-17-13-9-6-10-14-18-25/h21-25H,1-20H2,(H,29,31). The first kappa shape index (κ1) is 23.6. The van der Waals surface area contributed by atoms with Gasteiger partial charge in [-0.1, -0.05) is 103 Å². The van der Waals surface area contributed by atoms with Crippen molar-refractivity contribution in [1.82, 2.24) is 14.4 Å². The monoisotopic (exact) mass is 438 g/mol. The van der Waals surface area contributed by atoms with Crippen LogP contribution in [0.2, 0.25) is 0 Å². The molecule has 4 heteroatoms. The van der Waals surface area contributed by atoms with Crippen molar-refractivity contribution in [2.45, 2.75) is 128 Å². The smallest absolute Gasteiger partial charge is 0.180 e. The van der Waals surface area contributed by atoms with Gasteiger partial charge in [-0.05, 0) is 25.2 Å². The highest BCUT2D eigenvalue weighted by Gasteiger charge is 2.18. The Morgan fingerprint density at radius 2 is 1.31 bits per heavy atom. The minimum Gasteiger partial charge on any atom is -0.367 e. The lowest BCUT2D eigenvalue weighted by Crippen LogP contribution is -2.13. The summed E-state index contributed by atoms with van der Waals surface area (Å²) in [6, 6.07) is 0. The first-order valence-electron chi connectivity index (χ1n) is 14.0. The quantitative estimate of drug-likeness (QED) is 0.510. The van der Waals surface area contributed by atoms with Gasteiger partial charge in [0.2, 0.25) is 0 Å². The summed E-state index contributed by atoms with van der Waals surface area (Å²) in [5, 5.41) is 3.72. The molecule has 0 spiro atoms. The SMILES string of the molecule is c1cn2cc(C3CCCCCCC3)nc(NCCC3CCCCCCCCCCC3)c2n1. The van der Waals surface area contributed by atoms with Crippen molar-refractivity contribution >= 4 is 11.5 Å². The summed E-state index contributed by atoms with van der Waals surface area (Å²) >= 11 is 0. The number of fused-ring (bicyclic) bond motifs is 1. The fraction of sp³-hybridized carbons (Fsp3) is 0.786. The number of hydrogen-bond acceptors (Lipinski definition) is 3. The van der Waals surface area contributed by atoms with Gasteiger partial charge in [0.1, 0.15) is 0 Å². The first-order valence-corrected chi connectivity index (χ1v) is 14.0. The topological polar surface area (TPSA) is 42.2 Å². The normalized spacial score (nSPS) is 21.4. The number of nitrogens with zero attached hydrogens (tertiary/aromatic N) is 3. The molecule has 2 aromatic rings. The number of rotatable bonds is 5. The number of imidazole rings is 1. The van der Waals surface area contributed by atoms with Crippen molar-refractivity contribution in [2.24, 2.45) is 5.92 Å². The summed E-state index contributed by atoms with van der Waals surface area (Å²) < 4.78 is 2.19. The molecule has 2 heterocycles. The van der Waals surface area contributed by atoms with E-state index in [-0.39, 0.29) is 0 Å². The number of aromatic nitrogens is 3. The lowest BCUT2D eigenvalue weighted by molar-refractivity contribution is 0.381. The zero-order valence-electron chi connectivity index (χ0n) is 20.4. The lowest BCUT2D eigenvalue weighted by Gasteiger charge is -2.21. The van der Waals surface area contributed by atoms with E-state index in [1.165, 1.54) is 128 Å². The van der Waals surface area contributed by atoms with E-state index in [1.54, 1.807) is 0 Å². The summed E-state index contributed by atoms with van der Waals surface area (Å²) in [5.74, 6) is 2.48. The fourth-order valence-corrected chi connectivity index (χ4v) is 5.95. The average molecular weight is 439 g/mol. The van der Waals surface area contributed by atoms with Gasteiger partial charge in [0.05, 0.1) is 5.69 Å². The predicted molar refractivity (Wildman–Crippen MR) is 135 cm³/mol. The van der Waals surface area contributed by atoms with Crippen molar-refractivity contribution in [2.75, 3.05) is 11.9 Å². The predicted octanol–water partition coefficient (Wildman–Crippen LogP) is 8.28. The number of nitrogens with one attached hydrogen (secondary N) is 1. The molecule has 2 aromatic heterocycles. The molecule has 0 atom stereocenters. The molecule has 4 nitrogen and oxygen atoms in total. The van der Waals surface area contributed by atoms with Crippen LogP contribution in [0.4, 0.5) is 5.82 Å². The molecule has 0 saturated heterocycles. The second-order valence-electron chi connectivity index (χ2n) is 10.6. The van der Waals surface area contributed by atoms with Crippen molar-refractivity contribution in [3.63, 3.8) is 0 Å². The van der Waals surface area contributed by atoms with Gasteiger partial charge in [0.15, 0.2) is 11.5 Å². The third kappa shape index (κ3) is 7.22. The highest BCUT2D eigenvalue weighted by Crippen LogP contribution is 2.31. The second kappa shape index (κ2) is 13.2. The third-order valence-corrected chi connectivity index (χ3v) is 7.99. The zero-order valence-corrected chi connectivity index (χ0v) is 20.4. The van der Waals surface area contributed by atoms with Crippen LogP contribution < -0.4 is 5.32 Å². The van der Waals surface area contributed by atoms with Gasteiger partial charge in [-0.3, -0.25) is 0 Å². The maximum Gasteiger partial charge on any atom is 0.180 e. The molecule has 2 aliphatic rings. The number of anilines is 1. The maximum absolute atomic E-state index is 5.14. The van der Waals surface area contributed by atoms with Crippen LogP contribution in [0.25, 0.3) is 5.65 Å². The molecule has 2 saturated carbocycles. The molecule has 0 bridgehead atoms. The third-order valence-electron chi connectivity index (χ3n) is 7.99. The molecule has 2 aliphatic carbocycles. The van der Waals surface area contributed by atoms with Crippen molar-refractivity contribution in [1.29, 1.82) is 0 Å². The van der Waals surface area contributed by atoms with Gasteiger partial charge in [-0.15, -0.1) is 0 Å². The molecular formula is C28H46N4. The minimum absolute atomic E-state index is 0.606. The molecular weight excluding hydrogens is 392 g/mol. The van der Waals surface area contributed by atoms with E-state index in [1.807, 2.05) is 6.20 Å². The van der Waals surface area contributed by atoms with Gasteiger partial charge < -0.3 is 9.72 Å². The second-order valence-corrected chi connectivity index (χ2v) is 10.6. The van der Waals surface area contributed by atoms with Gasteiger partial charge >= 0.3 is 0 Å².